The molecule has 102 valence electrons. The monoisotopic (exact) mass is 260 g/mol. The van der Waals surface area contributed by atoms with E-state index < -0.39 is 5.97 Å². The Kier molecular flexibility index (Phi) is 3.79. The van der Waals surface area contributed by atoms with E-state index in [2.05, 4.69) is 4.98 Å². The number of hydrogen-bond donors (Lipinski definition) is 2. The third-order valence-corrected chi connectivity index (χ3v) is 3.57. The van der Waals surface area contributed by atoms with Gasteiger partial charge in [-0.15, -0.1) is 0 Å². The highest BCUT2D eigenvalue weighted by atomic mass is 16.4. The first-order chi connectivity index (χ1) is 9.00. The van der Waals surface area contributed by atoms with Crippen molar-refractivity contribution in [2.45, 2.75) is 13.8 Å². The summed E-state index contributed by atoms with van der Waals surface area (Å²) in [7, 11) is 1.94. The van der Waals surface area contributed by atoms with E-state index in [1.807, 2.05) is 56.3 Å². The van der Waals surface area contributed by atoms with Gasteiger partial charge in [-0.3, -0.25) is 4.79 Å². The molecule has 4 heteroatoms. The number of aromatic amines is 1. The molecule has 0 saturated heterocycles. The Bertz CT molecular complexity index is 574. The zero-order chi connectivity index (χ0) is 14.0. The fraction of sp³-hybridized carbons (Fsp3) is 0.400. The lowest BCUT2D eigenvalue weighted by Crippen LogP contribution is -2.33. The molecule has 0 radical (unpaired) electrons. The van der Waals surface area contributed by atoms with Crippen molar-refractivity contribution < 1.29 is 9.90 Å². The number of anilines is 1. The maximum Gasteiger partial charge on any atom is 0.308 e. The molecular weight excluding hydrogens is 240 g/mol. The number of carboxylic acid groups (broad SMARTS) is 1. The summed E-state index contributed by atoms with van der Waals surface area (Å²) < 4.78 is 0. The summed E-state index contributed by atoms with van der Waals surface area (Å²) in [6.45, 7) is 4.40. The molecule has 0 fully saturated rings. The van der Waals surface area contributed by atoms with Gasteiger partial charge < -0.3 is 15.0 Å². The fourth-order valence-electron chi connectivity index (χ4n) is 2.34. The Morgan fingerprint density at radius 1 is 1.37 bits per heavy atom. The molecule has 19 heavy (non-hydrogen) atoms. The normalized spacial score (nSPS) is 12.8. The first kappa shape index (κ1) is 13.5. The van der Waals surface area contributed by atoms with Crippen molar-refractivity contribution in [1.29, 1.82) is 0 Å². The van der Waals surface area contributed by atoms with E-state index in [9.17, 15) is 9.90 Å². The minimum Gasteiger partial charge on any atom is -0.481 e. The minimum absolute atomic E-state index is 0.116. The zero-order valence-electron chi connectivity index (χ0n) is 11.6. The van der Waals surface area contributed by atoms with Crippen LogP contribution >= 0.6 is 0 Å². The molecule has 1 unspecified atom stereocenters. The zero-order valence-corrected chi connectivity index (χ0v) is 11.6. The first-order valence-corrected chi connectivity index (χ1v) is 6.50. The van der Waals surface area contributed by atoms with E-state index >= 15 is 0 Å². The number of fused-ring (bicyclic) bond motifs is 1. The van der Waals surface area contributed by atoms with Crippen LogP contribution in [0, 0.1) is 11.8 Å². The van der Waals surface area contributed by atoms with Crippen LogP contribution in [0.5, 0.6) is 0 Å². The third kappa shape index (κ3) is 2.72. The maximum atomic E-state index is 11.3. The molecule has 0 amide bonds. The molecule has 1 aromatic heterocycles. The van der Waals surface area contributed by atoms with Crippen molar-refractivity contribution in [1.82, 2.24) is 4.98 Å². The van der Waals surface area contributed by atoms with E-state index in [0.717, 1.165) is 16.6 Å². The number of carboxylic acids is 1. The molecule has 0 saturated carbocycles. The van der Waals surface area contributed by atoms with E-state index in [1.165, 1.54) is 0 Å². The molecule has 1 atom stereocenters. The number of para-hydroxylation sites is 1. The number of nitrogens with zero attached hydrogens (tertiary/aromatic N) is 1. The molecule has 0 aliphatic rings. The average Bonchev–Trinajstić information content (AvgIpc) is 2.78. The third-order valence-electron chi connectivity index (χ3n) is 3.57. The van der Waals surface area contributed by atoms with Gasteiger partial charge in [-0.25, -0.2) is 0 Å². The smallest absolute Gasteiger partial charge is 0.308 e. The molecule has 0 aliphatic carbocycles. The molecule has 1 heterocycles. The highest BCUT2D eigenvalue weighted by molar-refractivity contribution is 5.92. The van der Waals surface area contributed by atoms with E-state index in [1.54, 1.807) is 0 Å². The van der Waals surface area contributed by atoms with Crippen LogP contribution in [-0.4, -0.2) is 29.7 Å². The number of carbonyl (C=O) groups is 1. The van der Waals surface area contributed by atoms with Gasteiger partial charge in [0.25, 0.3) is 0 Å². The van der Waals surface area contributed by atoms with Gasteiger partial charge >= 0.3 is 5.97 Å². The van der Waals surface area contributed by atoms with Crippen molar-refractivity contribution in [2.24, 2.45) is 11.8 Å². The first-order valence-electron chi connectivity index (χ1n) is 6.50. The number of H-pyrrole nitrogens is 1. The number of aliphatic carboxylic acids is 1. The van der Waals surface area contributed by atoms with Crippen LogP contribution in [0.15, 0.2) is 30.5 Å². The largest absolute Gasteiger partial charge is 0.481 e. The van der Waals surface area contributed by atoms with E-state index in [0.29, 0.717) is 6.54 Å². The molecule has 2 rings (SSSR count). The Labute approximate surface area is 113 Å². The number of nitrogens with one attached hydrogen (secondary N) is 1. The van der Waals surface area contributed by atoms with E-state index in [4.69, 9.17) is 0 Å². The number of hydrogen-bond acceptors (Lipinski definition) is 2. The highest BCUT2D eigenvalue weighted by Gasteiger charge is 2.23. The van der Waals surface area contributed by atoms with Gasteiger partial charge in [0.1, 0.15) is 0 Å². The fourth-order valence-corrected chi connectivity index (χ4v) is 2.34. The van der Waals surface area contributed by atoms with Crippen LogP contribution in [0.1, 0.15) is 13.8 Å². The minimum atomic E-state index is -0.735. The molecule has 2 aromatic rings. The summed E-state index contributed by atoms with van der Waals surface area (Å²) >= 11 is 0. The summed E-state index contributed by atoms with van der Waals surface area (Å²) in [5, 5.41) is 10.4. The van der Waals surface area contributed by atoms with Crippen LogP contribution in [0.3, 0.4) is 0 Å². The van der Waals surface area contributed by atoms with Crippen LogP contribution in [0.25, 0.3) is 10.9 Å². The summed E-state index contributed by atoms with van der Waals surface area (Å²) in [6, 6.07) is 8.04. The molecular formula is C15H20N2O2. The van der Waals surface area contributed by atoms with Gasteiger partial charge in [-0.1, -0.05) is 32.0 Å². The number of aromatic nitrogens is 1. The predicted octanol–water partition coefficient (Wildman–Crippen LogP) is 2.96. The lowest BCUT2D eigenvalue weighted by Gasteiger charge is -2.25. The lowest BCUT2D eigenvalue weighted by molar-refractivity contribution is -0.142. The van der Waals surface area contributed by atoms with Gasteiger partial charge in [0, 0.05) is 30.7 Å². The van der Waals surface area contributed by atoms with Gasteiger partial charge in [-0.05, 0) is 12.0 Å². The van der Waals surface area contributed by atoms with Crippen LogP contribution in [0.2, 0.25) is 0 Å². The second kappa shape index (κ2) is 5.34. The summed E-state index contributed by atoms with van der Waals surface area (Å²) in [6.07, 6.45) is 1.93. The summed E-state index contributed by atoms with van der Waals surface area (Å²) in [5.74, 6) is -0.981. The topological polar surface area (TPSA) is 56.3 Å². The quantitative estimate of drug-likeness (QED) is 0.869. The molecule has 1 aromatic carbocycles. The van der Waals surface area contributed by atoms with Gasteiger partial charge in [0.15, 0.2) is 0 Å². The SMILES string of the molecule is CC(C)C(CN(C)c1c[nH]c2ccccc12)C(=O)O. The lowest BCUT2D eigenvalue weighted by atomic mass is 9.95. The van der Waals surface area contributed by atoms with Crippen molar-refractivity contribution in [3.05, 3.63) is 30.5 Å². The van der Waals surface area contributed by atoms with Crippen LogP contribution in [-0.2, 0) is 4.79 Å². The van der Waals surface area contributed by atoms with Crippen molar-refractivity contribution in [3.63, 3.8) is 0 Å². The predicted molar refractivity (Wildman–Crippen MR) is 77.5 cm³/mol. The standard InChI is InChI=1S/C15H20N2O2/c1-10(2)12(15(18)19)9-17(3)14-8-16-13-7-5-4-6-11(13)14/h4-8,10,12,16H,9H2,1-3H3,(H,18,19). The Balaban J connectivity index is 2.24. The maximum absolute atomic E-state index is 11.3. The molecule has 2 N–H and O–H groups in total. The Hall–Kier alpha value is -1.97. The average molecular weight is 260 g/mol. The number of rotatable bonds is 5. The number of benzene rings is 1. The molecule has 0 bridgehead atoms. The van der Waals surface area contributed by atoms with Gasteiger partial charge in [-0.2, -0.15) is 0 Å². The Morgan fingerprint density at radius 2 is 2.05 bits per heavy atom. The Morgan fingerprint density at radius 3 is 2.68 bits per heavy atom. The van der Waals surface area contributed by atoms with Gasteiger partial charge in [0.05, 0.1) is 11.6 Å². The van der Waals surface area contributed by atoms with Crippen molar-refractivity contribution in [2.75, 3.05) is 18.5 Å². The van der Waals surface area contributed by atoms with Crippen LogP contribution in [0.4, 0.5) is 5.69 Å². The molecule has 4 nitrogen and oxygen atoms in total. The second-order valence-electron chi connectivity index (χ2n) is 5.29. The van der Waals surface area contributed by atoms with Crippen molar-refractivity contribution >= 4 is 22.6 Å². The summed E-state index contributed by atoms with van der Waals surface area (Å²) in [4.78, 5) is 16.5. The van der Waals surface area contributed by atoms with Crippen LogP contribution < -0.4 is 4.90 Å². The van der Waals surface area contributed by atoms with E-state index in [-0.39, 0.29) is 11.8 Å². The molecule has 0 aliphatic heterocycles. The van der Waals surface area contributed by atoms with Gasteiger partial charge in [0.2, 0.25) is 0 Å². The second-order valence-corrected chi connectivity index (χ2v) is 5.29. The highest BCUT2D eigenvalue weighted by Crippen LogP contribution is 2.27. The summed E-state index contributed by atoms with van der Waals surface area (Å²) in [5.41, 5.74) is 2.11. The van der Waals surface area contributed by atoms with Crippen molar-refractivity contribution in [3.8, 4) is 0 Å². The molecule has 0 spiro atoms.